The van der Waals surface area contributed by atoms with Gasteiger partial charge in [-0.25, -0.2) is 37.8 Å². The van der Waals surface area contributed by atoms with Gasteiger partial charge >= 0.3 is 18.3 Å². The summed E-state index contributed by atoms with van der Waals surface area (Å²) in [5, 5.41) is 4.52. The second-order valence-corrected chi connectivity index (χ2v) is 17.2. The Morgan fingerprint density at radius 2 is 1.31 bits per heavy atom. The van der Waals surface area contributed by atoms with E-state index in [0.717, 1.165) is 14.6 Å². The maximum atomic E-state index is 13.5. The van der Waals surface area contributed by atoms with Gasteiger partial charge in [0.15, 0.2) is 5.82 Å². The van der Waals surface area contributed by atoms with Crippen LogP contribution in [0, 0.1) is 11.8 Å². The summed E-state index contributed by atoms with van der Waals surface area (Å²) >= 11 is 0. The van der Waals surface area contributed by atoms with Crippen molar-refractivity contribution < 1.29 is 37.0 Å². The van der Waals surface area contributed by atoms with Crippen LogP contribution < -0.4 is 10.2 Å². The van der Waals surface area contributed by atoms with Crippen LogP contribution in [0.2, 0.25) is 0 Å². The normalized spacial score (nSPS) is 12.0. The first-order valence-corrected chi connectivity index (χ1v) is 18.5. The van der Waals surface area contributed by atoms with E-state index in [4.69, 9.17) is 14.2 Å². The molecule has 0 unspecified atom stereocenters. The van der Waals surface area contributed by atoms with Gasteiger partial charge in [-0.05, 0) is 131 Å². The van der Waals surface area contributed by atoms with Crippen molar-refractivity contribution in [3.63, 3.8) is 0 Å². The van der Waals surface area contributed by atoms with Gasteiger partial charge in [0.25, 0.3) is 10.0 Å². The van der Waals surface area contributed by atoms with Crippen LogP contribution in [0.4, 0.5) is 31.7 Å². The fourth-order valence-electron chi connectivity index (χ4n) is 4.76. The number of imide groups is 1. The molecule has 0 saturated carbocycles. The number of nitrogens with one attached hydrogen (secondary N) is 1. The van der Waals surface area contributed by atoms with Gasteiger partial charge in [-0.1, -0.05) is 5.92 Å². The van der Waals surface area contributed by atoms with E-state index < -0.39 is 51.1 Å². The van der Waals surface area contributed by atoms with E-state index in [2.05, 4.69) is 32.1 Å². The van der Waals surface area contributed by atoms with E-state index in [1.165, 1.54) is 18.3 Å². The molecule has 0 fully saturated rings. The zero-order valence-corrected chi connectivity index (χ0v) is 33.2. The number of nitrogens with zero attached hydrogens (tertiary/aromatic N) is 5. The summed E-state index contributed by atoms with van der Waals surface area (Å²) in [5.41, 5.74) is -1.59. The number of carbonyl (C=O) groups is 3. The summed E-state index contributed by atoms with van der Waals surface area (Å²) in [6.07, 6.45) is 1.72. The lowest BCUT2D eigenvalue weighted by molar-refractivity contribution is 0.0352. The van der Waals surface area contributed by atoms with E-state index in [9.17, 15) is 22.8 Å². The molecule has 1 N–H and O–H groups in total. The summed E-state index contributed by atoms with van der Waals surface area (Å²) in [6.45, 7) is 18.2. The Hall–Kier alpha value is -5.75. The third kappa shape index (κ3) is 10.7. The lowest BCUT2D eigenvalue weighted by atomic mass is 10.1. The molecular weight excluding hydrogens is 713 g/mol. The molecular formula is C39H46N6O8S. The Balaban J connectivity index is 1.66. The molecule has 0 atom stereocenters. The summed E-state index contributed by atoms with van der Waals surface area (Å²) in [6, 6.07) is 11.9. The first kappa shape index (κ1) is 41.0. The number of sulfonamides is 1. The standard InChI is InChI=1S/C39H46N6O8S/c1-25(2)45(36(48)53-39(9,10)11)54(49,50)29-17-15-28(16-18-29)43-32-23-30-27(24-42-32)20-22-40-31(30)19-14-26-13-12-21-41-33(26)44(34(46)51-37(3,4)5)35(47)52-38(6,7)8/h12-13,15-18,20-25H,1-11H3,(H,42,43). The Labute approximate surface area is 316 Å². The minimum absolute atomic E-state index is 0.0779. The van der Waals surface area contributed by atoms with Gasteiger partial charge in [0.1, 0.15) is 28.3 Å². The summed E-state index contributed by atoms with van der Waals surface area (Å²) < 4.78 is 44.1. The molecule has 0 aliphatic heterocycles. The first-order valence-electron chi connectivity index (χ1n) is 17.1. The Morgan fingerprint density at radius 3 is 1.87 bits per heavy atom. The number of fused-ring (bicyclic) bond motifs is 1. The monoisotopic (exact) mass is 758 g/mol. The molecule has 0 bridgehead atoms. The number of hydrogen-bond acceptors (Lipinski definition) is 12. The summed E-state index contributed by atoms with van der Waals surface area (Å²) in [4.78, 5) is 53.3. The Morgan fingerprint density at radius 1 is 0.741 bits per heavy atom. The highest BCUT2D eigenvalue weighted by molar-refractivity contribution is 7.89. The molecule has 3 amide bonds. The van der Waals surface area contributed by atoms with Crippen LogP contribution in [0.25, 0.3) is 10.8 Å². The molecule has 0 saturated heterocycles. The quantitative estimate of drug-likeness (QED) is 0.148. The van der Waals surface area contributed by atoms with Gasteiger partial charge in [0.05, 0.1) is 10.5 Å². The molecule has 15 heteroatoms. The SMILES string of the molecule is CC(C)N(C(=O)OC(C)(C)C)S(=O)(=O)c1ccc(Nc2cc3c(C#Cc4cccnc4N(C(=O)OC(C)(C)C)C(=O)OC(C)(C)C)nccc3cn2)cc1. The third-order valence-electron chi connectivity index (χ3n) is 6.84. The van der Waals surface area contributed by atoms with Crippen LogP contribution in [0.15, 0.2) is 72.0 Å². The van der Waals surface area contributed by atoms with Crippen molar-refractivity contribution in [2.75, 3.05) is 10.2 Å². The van der Waals surface area contributed by atoms with Crippen molar-refractivity contribution in [2.24, 2.45) is 0 Å². The van der Waals surface area contributed by atoms with Crippen molar-refractivity contribution in [3.8, 4) is 11.8 Å². The van der Waals surface area contributed by atoms with Gasteiger partial charge < -0.3 is 19.5 Å². The molecule has 4 rings (SSSR count). The minimum atomic E-state index is -4.23. The van der Waals surface area contributed by atoms with Crippen molar-refractivity contribution in [3.05, 3.63) is 78.4 Å². The number of anilines is 3. The second-order valence-electron chi connectivity index (χ2n) is 15.4. The van der Waals surface area contributed by atoms with Crippen LogP contribution in [0.3, 0.4) is 0 Å². The largest absolute Gasteiger partial charge is 0.443 e. The van der Waals surface area contributed by atoms with Crippen molar-refractivity contribution >= 4 is 56.4 Å². The van der Waals surface area contributed by atoms with E-state index in [0.29, 0.717) is 22.6 Å². The van der Waals surface area contributed by atoms with Gasteiger partial charge in [0, 0.05) is 41.1 Å². The van der Waals surface area contributed by atoms with E-state index in [1.54, 1.807) is 125 Å². The van der Waals surface area contributed by atoms with Gasteiger partial charge in [-0.15, -0.1) is 0 Å². The highest BCUT2D eigenvalue weighted by atomic mass is 32.2. The van der Waals surface area contributed by atoms with E-state index in [-0.39, 0.29) is 16.3 Å². The number of pyridine rings is 3. The lowest BCUT2D eigenvalue weighted by Crippen LogP contribution is -2.44. The predicted molar refractivity (Wildman–Crippen MR) is 205 cm³/mol. The summed E-state index contributed by atoms with van der Waals surface area (Å²) in [5.74, 6) is 6.37. The fraction of sp³-hybridized carbons (Fsp3) is 0.385. The number of amides is 3. The highest BCUT2D eigenvalue weighted by Gasteiger charge is 2.36. The molecule has 286 valence electrons. The second kappa shape index (κ2) is 15.7. The Kier molecular flexibility index (Phi) is 11.9. The molecule has 0 radical (unpaired) electrons. The number of benzene rings is 1. The number of aromatic nitrogens is 3. The highest BCUT2D eigenvalue weighted by Crippen LogP contribution is 2.27. The average Bonchev–Trinajstić information content (AvgIpc) is 3.02. The summed E-state index contributed by atoms with van der Waals surface area (Å²) in [7, 11) is -4.23. The molecule has 0 aliphatic rings. The van der Waals surface area contributed by atoms with Gasteiger partial charge in [-0.2, -0.15) is 9.21 Å². The average molecular weight is 759 g/mol. The fourth-order valence-corrected chi connectivity index (χ4v) is 6.26. The van der Waals surface area contributed by atoms with Crippen LogP contribution in [0.5, 0.6) is 0 Å². The van der Waals surface area contributed by atoms with Crippen molar-refractivity contribution in [1.82, 2.24) is 19.3 Å². The van der Waals surface area contributed by atoms with Gasteiger partial charge in [0.2, 0.25) is 0 Å². The number of rotatable bonds is 6. The maximum absolute atomic E-state index is 13.5. The number of carbonyl (C=O) groups excluding carboxylic acids is 3. The molecule has 3 aromatic heterocycles. The van der Waals surface area contributed by atoms with Crippen LogP contribution in [-0.2, 0) is 24.2 Å². The van der Waals surface area contributed by atoms with E-state index in [1.807, 2.05) is 0 Å². The Bertz CT molecular complexity index is 2180. The van der Waals surface area contributed by atoms with Crippen LogP contribution in [-0.4, -0.2) is 68.8 Å². The van der Waals surface area contributed by atoms with Crippen molar-refractivity contribution in [1.29, 1.82) is 0 Å². The predicted octanol–water partition coefficient (Wildman–Crippen LogP) is 8.18. The molecule has 4 aromatic rings. The van der Waals surface area contributed by atoms with Crippen molar-refractivity contribution in [2.45, 2.75) is 104 Å². The molecule has 1 aromatic carbocycles. The third-order valence-corrected chi connectivity index (χ3v) is 8.80. The maximum Gasteiger partial charge on any atom is 0.425 e. The van der Waals surface area contributed by atoms with E-state index >= 15 is 0 Å². The molecule has 54 heavy (non-hydrogen) atoms. The van der Waals surface area contributed by atoms with Crippen LogP contribution >= 0.6 is 0 Å². The van der Waals surface area contributed by atoms with Gasteiger partial charge in [-0.3, -0.25) is 0 Å². The topological polar surface area (TPSA) is 170 Å². The zero-order valence-electron chi connectivity index (χ0n) is 32.3. The first-order chi connectivity index (χ1) is 24.9. The smallest absolute Gasteiger partial charge is 0.425 e. The molecule has 0 aliphatic carbocycles. The zero-order chi connectivity index (χ0) is 40.2. The molecule has 0 spiro atoms. The minimum Gasteiger partial charge on any atom is -0.443 e. The number of hydrogen-bond donors (Lipinski definition) is 1. The van der Waals surface area contributed by atoms with Crippen LogP contribution in [0.1, 0.15) is 87.4 Å². The molecule has 14 nitrogen and oxygen atoms in total. The number of ether oxygens (including phenoxy) is 3. The lowest BCUT2D eigenvalue weighted by Gasteiger charge is -2.29. The molecule has 3 heterocycles.